The summed E-state index contributed by atoms with van der Waals surface area (Å²) in [6.45, 7) is 9.48. The van der Waals surface area contributed by atoms with Crippen LogP contribution in [-0.2, 0) is 4.79 Å². The van der Waals surface area contributed by atoms with E-state index in [2.05, 4.69) is 20.8 Å². The van der Waals surface area contributed by atoms with Gasteiger partial charge in [0.15, 0.2) is 0 Å². The van der Waals surface area contributed by atoms with Crippen molar-refractivity contribution in [3.8, 4) is 0 Å². The highest BCUT2D eigenvalue weighted by molar-refractivity contribution is 5.74. The first kappa shape index (κ1) is 11.6. The molecule has 0 heterocycles. The molecule has 0 aromatic rings. The van der Waals surface area contributed by atoms with Crippen LogP contribution in [0.25, 0.3) is 0 Å². The fourth-order valence-corrected chi connectivity index (χ4v) is 1.39. The molecule has 0 spiro atoms. The Labute approximate surface area is 74.4 Å². The van der Waals surface area contributed by atoms with Crippen molar-refractivity contribution in [2.75, 3.05) is 0 Å². The van der Waals surface area contributed by atoms with Crippen molar-refractivity contribution in [1.82, 2.24) is 0 Å². The molecule has 0 unspecified atom stereocenters. The third kappa shape index (κ3) is 3.33. The lowest BCUT2D eigenvalue weighted by Gasteiger charge is -2.30. The number of carbonyl (C=O) groups is 1. The van der Waals surface area contributed by atoms with Crippen LogP contribution in [0, 0.1) is 10.8 Å². The van der Waals surface area contributed by atoms with Crippen molar-refractivity contribution in [3.63, 3.8) is 0 Å². The maximum atomic E-state index is 12.5. The van der Waals surface area contributed by atoms with Crippen molar-refractivity contribution >= 4 is 6.04 Å². The summed E-state index contributed by atoms with van der Waals surface area (Å²) >= 11 is 0. The van der Waals surface area contributed by atoms with Gasteiger partial charge >= 0.3 is 6.04 Å². The van der Waals surface area contributed by atoms with E-state index in [1.54, 1.807) is 13.8 Å². The van der Waals surface area contributed by atoms with E-state index in [0.717, 1.165) is 6.42 Å². The predicted octanol–water partition coefficient (Wildman–Crippen LogP) is 3.34. The summed E-state index contributed by atoms with van der Waals surface area (Å²) < 4.78 is 12.5. The molecule has 0 aliphatic heterocycles. The lowest BCUT2D eigenvalue weighted by Crippen LogP contribution is -2.27. The molecule has 0 aliphatic carbocycles. The summed E-state index contributed by atoms with van der Waals surface area (Å²) in [5.74, 6) is 0. The van der Waals surface area contributed by atoms with E-state index in [1.807, 2.05) is 0 Å². The molecule has 12 heavy (non-hydrogen) atoms. The molecule has 0 aromatic heterocycles. The molecule has 1 nitrogen and oxygen atoms in total. The van der Waals surface area contributed by atoms with Gasteiger partial charge in [0.1, 0.15) is 0 Å². The minimum Gasteiger partial charge on any atom is -0.261 e. The molecule has 0 saturated heterocycles. The molecule has 0 bridgehead atoms. The second kappa shape index (κ2) is 3.55. The molecule has 0 amide bonds. The summed E-state index contributed by atoms with van der Waals surface area (Å²) in [5.41, 5.74) is -0.773. The summed E-state index contributed by atoms with van der Waals surface area (Å²) in [5, 5.41) is 0. The maximum absolute atomic E-state index is 12.5. The number of halogens is 1. The first-order valence-electron chi connectivity index (χ1n) is 4.41. The summed E-state index contributed by atoms with van der Waals surface area (Å²) in [4.78, 5) is 10.6. The molecule has 0 radical (unpaired) electrons. The van der Waals surface area contributed by atoms with Crippen LogP contribution >= 0.6 is 0 Å². The average Bonchev–Trinajstić information content (AvgIpc) is 1.85. The SMILES string of the molecule is CCC(C)(C)CC(C)(C)C(=O)F. The smallest absolute Gasteiger partial charge is 0.261 e. The fourth-order valence-electron chi connectivity index (χ4n) is 1.39. The highest BCUT2D eigenvalue weighted by atomic mass is 19.1. The van der Waals surface area contributed by atoms with E-state index in [4.69, 9.17) is 0 Å². The Morgan fingerprint density at radius 3 is 1.92 bits per heavy atom. The van der Waals surface area contributed by atoms with Gasteiger partial charge in [-0.1, -0.05) is 41.0 Å². The van der Waals surface area contributed by atoms with Crippen LogP contribution in [0.1, 0.15) is 47.5 Å². The number of hydrogen-bond donors (Lipinski definition) is 0. The van der Waals surface area contributed by atoms with Gasteiger partial charge in [-0.05, 0) is 11.8 Å². The Kier molecular flexibility index (Phi) is 3.43. The predicted molar refractivity (Wildman–Crippen MR) is 48.6 cm³/mol. The van der Waals surface area contributed by atoms with E-state index in [0.29, 0.717) is 6.42 Å². The molecule has 0 atom stereocenters. The van der Waals surface area contributed by atoms with Gasteiger partial charge in [-0.15, -0.1) is 0 Å². The monoisotopic (exact) mass is 174 g/mol. The van der Waals surface area contributed by atoms with Gasteiger partial charge in [0.05, 0.1) is 5.41 Å². The Balaban J connectivity index is 4.34. The van der Waals surface area contributed by atoms with Gasteiger partial charge in [0.25, 0.3) is 0 Å². The third-order valence-electron chi connectivity index (χ3n) is 2.41. The van der Waals surface area contributed by atoms with Crippen LogP contribution in [0.3, 0.4) is 0 Å². The van der Waals surface area contributed by atoms with E-state index < -0.39 is 11.5 Å². The summed E-state index contributed by atoms with van der Waals surface area (Å²) in [7, 11) is 0. The normalized spacial score (nSPS) is 13.2. The van der Waals surface area contributed by atoms with Crippen molar-refractivity contribution in [3.05, 3.63) is 0 Å². The maximum Gasteiger partial charge on any atom is 0.307 e. The highest BCUT2D eigenvalue weighted by Gasteiger charge is 2.33. The molecule has 0 aromatic carbocycles. The lowest BCUT2D eigenvalue weighted by atomic mass is 9.74. The standard InChI is InChI=1S/C10H19FO/c1-6-9(2,3)7-10(4,5)8(11)12/h6-7H2,1-5H3. The van der Waals surface area contributed by atoms with Gasteiger partial charge in [-0.25, -0.2) is 0 Å². The average molecular weight is 174 g/mol. The van der Waals surface area contributed by atoms with E-state index in [-0.39, 0.29) is 5.41 Å². The second-order valence-electron chi connectivity index (χ2n) is 4.85. The van der Waals surface area contributed by atoms with Crippen LogP contribution in [0.2, 0.25) is 0 Å². The molecule has 72 valence electrons. The van der Waals surface area contributed by atoms with E-state index in [9.17, 15) is 9.18 Å². The van der Waals surface area contributed by atoms with Crippen LogP contribution < -0.4 is 0 Å². The number of hydrogen-bond acceptors (Lipinski definition) is 1. The van der Waals surface area contributed by atoms with Crippen molar-refractivity contribution in [2.45, 2.75) is 47.5 Å². The summed E-state index contributed by atoms with van der Waals surface area (Å²) in [6.07, 6.45) is 1.57. The van der Waals surface area contributed by atoms with Crippen molar-refractivity contribution < 1.29 is 9.18 Å². The van der Waals surface area contributed by atoms with Gasteiger partial charge in [0.2, 0.25) is 0 Å². The minimum atomic E-state index is -1.20. The second-order valence-corrected chi connectivity index (χ2v) is 4.85. The topological polar surface area (TPSA) is 17.1 Å². The third-order valence-corrected chi connectivity index (χ3v) is 2.41. The molecule has 0 rings (SSSR count). The highest BCUT2D eigenvalue weighted by Crippen LogP contribution is 2.36. The zero-order chi connectivity index (χ0) is 9.99. The summed E-state index contributed by atoms with van der Waals surface area (Å²) in [6, 6.07) is -1.20. The Hall–Kier alpha value is -0.400. The Morgan fingerprint density at radius 1 is 1.25 bits per heavy atom. The lowest BCUT2D eigenvalue weighted by molar-refractivity contribution is -0.140. The number of rotatable bonds is 4. The van der Waals surface area contributed by atoms with Crippen LogP contribution in [-0.4, -0.2) is 6.04 Å². The first-order valence-corrected chi connectivity index (χ1v) is 4.41. The van der Waals surface area contributed by atoms with E-state index in [1.165, 1.54) is 0 Å². The molecular weight excluding hydrogens is 155 g/mol. The minimum absolute atomic E-state index is 0.0469. The zero-order valence-electron chi connectivity index (χ0n) is 8.70. The molecule has 2 heteroatoms. The van der Waals surface area contributed by atoms with Gasteiger partial charge in [-0.3, -0.25) is 4.79 Å². The van der Waals surface area contributed by atoms with Gasteiger partial charge in [-0.2, -0.15) is 4.39 Å². The van der Waals surface area contributed by atoms with Crippen molar-refractivity contribution in [2.24, 2.45) is 10.8 Å². The van der Waals surface area contributed by atoms with Gasteiger partial charge < -0.3 is 0 Å². The molecule has 0 saturated carbocycles. The zero-order valence-corrected chi connectivity index (χ0v) is 8.70. The largest absolute Gasteiger partial charge is 0.307 e. The van der Waals surface area contributed by atoms with Gasteiger partial charge in [0, 0.05) is 0 Å². The van der Waals surface area contributed by atoms with Crippen LogP contribution in [0.5, 0.6) is 0 Å². The van der Waals surface area contributed by atoms with Crippen LogP contribution in [0.15, 0.2) is 0 Å². The molecule has 0 N–H and O–H groups in total. The molecular formula is C10H19FO. The quantitative estimate of drug-likeness (QED) is 0.597. The van der Waals surface area contributed by atoms with Crippen molar-refractivity contribution in [1.29, 1.82) is 0 Å². The molecule has 0 fully saturated rings. The Morgan fingerprint density at radius 2 is 1.67 bits per heavy atom. The molecule has 0 aliphatic rings. The number of carbonyl (C=O) groups excluding carboxylic acids is 1. The first-order chi connectivity index (χ1) is 5.21. The van der Waals surface area contributed by atoms with Crippen LogP contribution in [0.4, 0.5) is 4.39 Å². The van der Waals surface area contributed by atoms with E-state index >= 15 is 0 Å². The fraction of sp³-hybridized carbons (Fsp3) is 0.900. The Bertz CT molecular complexity index is 171.